The highest BCUT2D eigenvalue weighted by Gasteiger charge is 2.17. The SMILES string of the molecule is c1ccc2c(c1)CCCN(CCC1CCCN1)C2. The van der Waals surface area contributed by atoms with Crippen molar-refractivity contribution in [1.29, 1.82) is 0 Å². The second kappa shape index (κ2) is 5.85. The second-order valence-electron chi connectivity index (χ2n) is 5.73. The molecule has 1 unspecified atom stereocenters. The number of rotatable bonds is 3. The van der Waals surface area contributed by atoms with Gasteiger partial charge in [-0.3, -0.25) is 4.90 Å². The molecule has 1 fully saturated rings. The molecule has 0 saturated carbocycles. The zero-order valence-corrected chi connectivity index (χ0v) is 11.2. The van der Waals surface area contributed by atoms with Gasteiger partial charge in [-0.25, -0.2) is 0 Å². The first-order valence-corrected chi connectivity index (χ1v) is 7.44. The summed E-state index contributed by atoms with van der Waals surface area (Å²) in [5.41, 5.74) is 3.12. The summed E-state index contributed by atoms with van der Waals surface area (Å²) in [5.74, 6) is 0. The third-order valence-corrected chi connectivity index (χ3v) is 4.39. The predicted octanol–water partition coefficient (Wildman–Crippen LogP) is 2.58. The van der Waals surface area contributed by atoms with Crippen molar-refractivity contribution in [3.05, 3.63) is 35.4 Å². The second-order valence-corrected chi connectivity index (χ2v) is 5.73. The van der Waals surface area contributed by atoms with Crippen LogP contribution in [0.2, 0.25) is 0 Å². The van der Waals surface area contributed by atoms with Gasteiger partial charge in [0.2, 0.25) is 0 Å². The quantitative estimate of drug-likeness (QED) is 0.879. The molecule has 0 radical (unpaired) electrons. The Labute approximate surface area is 110 Å². The van der Waals surface area contributed by atoms with E-state index in [9.17, 15) is 0 Å². The summed E-state index contributed by atoms with van der Waals surface area (Å²) in [7, 11) is 0. The largest absolute Gasteiger partial charge is 0.314 e. The Bertz CT molecular complexity index is 382. The van der Waals surface area contributed by atoms with Crippen molar-refractivity contribution in [3.8, 4) is 0 Å². The molecule has 0 aromatic heterocycles. The molecule has 2 nitrogen and oxygen atoms in total. The Balaban J connectivity index is 1.57. The molecule has 3 rings (SSSR count). The first kappa shape index (κ1) is 12.2. The van der Waals surface area contributed by atoms with Crippen LogP contribution in [0.15, 0.2) is 24.3 Å². The fraction of sp³-hybridized carbons (Fsp3) is 0.625. The Morgan fingerprint density at radius 2 is 2.06 bits per heavy atom. The molecule has 1 aromatic rings. The van der Waals surface area contributed by atoms with Crippen LogP contribution in [0.25, 0.3) is 0 Å². The summed E-state index contributed by atoms with van der Waals surface area (Å²) >= 11 is 0. The van der Waals surface area contributed by atoms with Gasteiger partial charge in [-0.15, -0.1) is 0 Å². The van der Waals surface area contributed by atoms with Crippen LogP contribution in [0.3, 0.4) is 0 Å². The van der Waals surface area contributed by atoms with Crippen molar-refractivity contribution in [2.24, 2.45) is 0 Å². The van der Waals surface area contributed by atoms with Crippen molar-refractivity contribution in [2.45, 2.75) is 44.7 Å². The summed E-state index contributed by atoms with van der Waals surface area (Å²) < 4.78 is 0. The number of nitrogens with one attached hydrogen (secondary N) is 1. The molecule has 1 aromatic carbocycles. The maximum Gasteiger partial charge on any atom is 0.0236 e. The number of fused-ring (bicyclic) bond motifs is 1. The first-order chi connectivity index (χ1) is 8.92. The van der Waals surface area contributed by atoms with Gasteiger partial charge in [-0.1, -0.05) is 24.3 Å². The van der Waals surface area contributed by atoms with Crippen LogP contribution in [-0.4, -0.2) is 30.6 Å². The molecule has 0 amide bonds. The Morgan fingerprint density at radius 3 is 2.89 bits per heavy atom. The van der Waals surface area contributed by atoms with Crippen molar-refractivity contribution >= 4 is 0 Å². The number of aryl methyl sites for hydroxylation is 1. The Hall–Kier alpha value is -0.860. The van der Waals surface area contributed by atoms with Crippen LogP contribution in [-0.2, 0) is 13.0 Å². The number of hydrogen-bond donors (Lipinski definition) is 1. The van der Waals surface area contributed by atoms with Crippen LogP contribution < -0.4 is 5.32 Å². The molecule has 1 atom stereocenters. The maximum absolute atomic E-state index is 3.60. The minimum absolute atomic E-state index is 0.781. The van der Waals surface area contributed by atoms with Gasteiger partial charge >= 0.3 is 0 Å². The fourth-order valence-electron chi connectivity index (χ4n) is 3.30. The van der Waals surface area contributed by atoms with Crippen LogP contribution >= 0.6 is 0 Å². The minimum Gasteiger partial charge on any atom is -0.314 e. The highest BCUT2D eigenvalue weighted by atomic mass is 15.1. The lowest BCUT2D eigenvalue weighted by molar-refractivity contribution is 0.255. The van der Waals surface area contributed by atoms with Gasteiger partial charge in [-0.05, 0) is 62.9 Å². The molecule has 2 aliphatic rings. The Morgan fingerprint density at radius 1 is 1.17 bits per heavy atom. The van der Waals surface area contributed by atoms with E-state index in [-0.39, 0.29) is 0 Å². The molecule has 1 saturated heterocycles. The molecule has 98 valence electrons. The first-order valence-electron chi connectivity index (χ1n) is 7.44. The zero-order chi connectivity index (χ0) is 12.2. The Kier molecular flexibility index (Phi) is 3.96. The van der Waals surface area contributed by atoms with Crippen molar-refractivity contribution < 1.29 is 0 Å². The third-order valence-electron chi connectivity index (χ3n) is 4.39. The van der Waals surface area contributed by atoms with E-state index in [1.54, 1.807) is 11.1 Å². The van der Waals surface area contributed by atoms with Crippen LogP contribution in [0, 0.1) is 0 Å². The molecule has 2 heteroatoms. The van der Waals surface area contributed by atoms with E-state index in [2.05, 4.69) is 34.5 Å². The average Bonchev–Trinajstić information content (AvgIpc) is 2.82. The van der Waals surface area contributed by atoms with Crippen LogP contribution in [0.5, 0.6) is 0 Å². The normalized spacial score (nSPS) is 24.8. The average molecular weight is 244 g/mol. The minimum atomic E-state index is 0.781. The van der Waals surface area contributed by atoms with Gasteiger partial charge in [0.1, 0.15) is 0 Å². The van der Waals surface area contributed by atoms with E-state index in [1.807, 2.05) is 0 Å². The lowest BCUT2D eigenvalue weighted by Gasteiger charge is -2.22. The molecular formula is C16H24N2. The standard InChI is InChI=1S/C16H24N2/c1-2-6-15-13-18(11-4-7-14(15)5-1)12-9-16-8-3-10-17-16/h1-2,5-6,16-17H,3-4,7-13H2. The van der Waals surface area contributed by atoms with Gasteiger partial charge in [0.25, 0.3) is 0 Å². The third kappa shape index (κ3) is 2.93. The highest BCUT2D eigenvalue weighted by Crippen LogP contribution is 2.19. The lowest BCUT2D eigenvalue weighted by Crippen LogP contribution is -2.30. The highest BCUT2D eigenvalue weighted by molar-refractivity contribution is 5.27. The molecule has 0 spiro atoms. The molecule has 2 aliphatic heterocycles. The van der Waals surface area contributed by atoms with Crippen LogP contribution in [0.4, 0.5) is 0 Å². The van der Waals surface area contributed by atoms with Gasteiger partial charge in [0.05, 0.1) is 0 Å². The predicted molar refractivity (Wildman–Crippen MR) is 75.7 cm³/mol. The number of hydrogen-bond acceptors (Lipinski definition) is 2. The van der Waals surface area contributed by atoms with Crippen LogP contribution in [0.1, 0.15) is 36.8 Å². The summed E-state index contributed by atoms with van der Waals surface area (Å²) in [4.78, 5) is 2.64. The molecule has 0 bridgehead atoms. The fourth-order valence-corrected chi connectivity index (χ4v) is 3.30. The molecule has 0 aliphatic carbocycles. The molecule has 1 N–H and O–H groups in total. The topological polar surface area (TPSA) is 15.3 Å². The molecule has 18 heavy (non-hydrogen) atoms. The smallest absolute Gasteiger partial charge is 0.0236 e. The van der Waals surface area contributed by atoms with Gasteiger partial charge in [0, 0.05) is 12.6 Å². The van der Waals surface area contributed by atoms with Crippen molar-refractivity contribution in [2.75, 3.05) is 19.6 Å². The molecule has 2 heterocycles. The van der Waals surface area contributed by atoms with E-state index in [0.29, 0.717) is 0 Å². The number of nitrogens with zero attached hydrogens (tertiary/aromatic N) is 1. The zero-order valence-electron chi connectivity index (χ0n) is 11.2. The van der Waals surface area contributed by atoms with E-state index in [4.69, 9.17) is 0 Å². The van der Waals surface area contributed by atoms with Gasteiger partial charge < -0.3 is 5.32 Å². The summed E-state index contributed by atoms with van der Waals surface area (Å²) in [6, 6.07) is 9.75. The maximum atomic E-state index is 3.60. The van der Waals surface area contributed by atoms with E-state index >= 15 is 0 Å². The number of benzene rings is 1. The van der Waals surface area contributed by atoms with Gasteiger partial charge in [-0.2, -0.15) is 0 Å². The summed E-state index contributed by atoms with van der Waals surface area (Å²) in [6.07, 6.45) is 6.64. The molecular weight excluding hydrogens is 220 g/mol. The monoisotopic (exact) mass is 244 g/mol. The van der Waals surface area contributed by atoms with E-state index in [0.717, 1.165) is 12.6 Å². The van der Waals surface area contributed by atoms with Gasteiger partial charge in [0.15, 0.2) is 0 Å². The lowest BCUT2D eigenvalue weighted by atomic mass is 10.0. The van der Waals surface area contributed by atoms with Crippen molar-refractivity contribution in [1.82, 2.24) is 10.2 Å². The van der Waals surface area contributed by atoms with E-state index < -0.39 is 0 Å². The van der Waals surface area contributed by atoms with Crippen molar-refractivity contribution in [3.63, 3.8) is 0 Å². The summed E-state index contributed by atoms with van der Waals surface area (Å²) in [6.45, 7) is 4.91. The van der Waals surface area contributed by atoms with E-state index in [1.165, 1.54) is 51.7 Å². The summed E-state index contributed by atoms with van der Waals surface area (Å²) in [5, 5.41) is 3.60.